The third-order valence-corrected chi connectivity index (χ3v) is 6.49. The van der Waals surface area contributed by atoms with Crippen molar-refractivity contribution in [3.8, 4) is 5.75 Å². The second kappa shape index (κ2) is 9.57. The average molecular weight is 432 g/mol. The van der Waals surface area contributed by atoms with Gasteiger partial charge in [-0.05, 0) is 82.9 Å². The number of carbonyl (C=O) groups excluding carboxylic acids is 2. The molecule has 1 aromatic rings. The largest absolute Gasteiger partial charge is 0.490 e. The zero-order chi connectivity index (χ0) is 22.8. The number of Topliss-reactive ketones (excluding diaryl/α,β-unsaturated/α-hetero) is 1. The van der Waals surface area contributed by atoms with Crippen molar-refractivity contribution in [3.05, 3.63) is 23.8 Å². The van der Waals surface area contributed by atoms with Crippen LogP contribution in [0.1, 0.15) is 63.7 Å². The zero-order valence-corrected chi connectivity index (χ0v) is 19.2. The van der Waals surface area contributed by atoms with E-state index in [1.807, 2.05) is 20.8 Å². The van der Waals surface area contributed by atoms with Gasteiger partial charge in [0.2, 0.25) is 0 Å². The number of ketones is 1. The number of hydrogen-bond acceptors (Lipinski definition) is 5. The van der Waals surface area contributed by atoms with Crippen LogP contribution in [-0.4, -0.2) is 48.3 Å². The molecular weight excluding hydrogens is 394 g/mol. The monoisotopic (exact) mass is 431 g/mol. The van der Waals surface area contributed by atoms with Gasteiger partial charge in [0, 0.05) is 24.3 Å². The molecule has 3 unspecified atom stereocenters. The first-order chi connectivity index (χ1) is 14.6. The van der Waals surface area contributed by atoms with Crippen molar-refractivity contribution < 1.29 is 19.4 Å². The predicted octanol–water partition coefficient (Wildman–Crippen LogP) is 3.34. The molecule has 31 heavy (non-hydrogen) atoms. The number of β-amino-alcohol motifs (C(OH)–C–C–N with tert-alkyl or cyclic N) is 1. The summed E-state index contributed by atoms with van der Waals surface area (Å²) in [5.41, 5.74) is 6.53. The lowest BCUT2D eigenvalue weighted by atomic mass is 10.1. The molecule has 0 saturated heterocycles. The lowest BCUT2D eigenvalue weighted by molar-refractivity contribution is 0.0950. The smallest absolute Gasteiger partial charge is 0.319 e. The second-order valence-electron chi connectivity index (χ2n) is 10.0. The molecule has 2 amide bonds. The molecule has 0 heterocycles. The van der Waals surface area contributed by atoms with E-state index in [0.717, 1.165) is 18.3 Å². The molecule has 7 nitrogen and oxygen atoms in total. The van der Waals surface area contributed by atoms with E-state index >= 15 is 0 Å². The molecule has 4 N–H and O–H groups in total. The fourth-order valence-corrected chi connectivity index (χ4v) is 4.80. The van der Waals surface area contributed by atoms with Gasteiger partial charge in [0.05, 0.1) is 5.56 Å². The number of aliphatic hydroxyl groups excluding tert-OH is 1. The van der Waals surface area contributed by atoms with Crippen molar-refractivity contribution in [1.29, 1.82) is 0 Å². The molecule has 2 aliphatic carbocycles. The molecule has 3 atom stereocenters. The van der Waals surface area contributed by atoms with Crippen molar-refractivity contribution in [2.75, 3.05) is 24.6 Å². The Hall–Kier alpha value is -2.12. The highest BCUT2D eigenvalue weighted by molar-refractivity contribution is 5.99. The maximum Gasteiger partial charge on any atom is 0.319 e. The number of nitrogens with zero attached hydrogens (tertiary/aromatic N) is 1. The number of fused-ring (bicyclic) bond motifs is 1. The number of benzene rings is 1. The standard InChI is InChI=1S/C24H37N3O4/c1-15(28)21-12-16(8-9-22(21)31-14-17(29)13-26-24(2,3)4)27(23(25)30)11-10-20-18-6-5-7-19(18)20/h8-9,12,17-20,26,29H,5-7,10-11,13-14H2,1-4H3,(H2,25,30). The quantitative estimate of drug-likeness (QED) is 0.493. The number of nitrogens with two attached hydrogens (primary N) is 1. The molecule has 0 bridgehead atoms. The summed E-state index contributed by atoms with van der Waals surface area (Å²) in [6.07, 6.45) is 4.18. The predicted molar refractivity (Wildman–Crippen MR) is 122 cm³/mol. The summed E-state index contributed by atoms with van der Waals surface area (Å²) in [7, 11) is 0. The molecule has 2 aliphatic rings. The van der Waals surface area contributed by atoms with E-state index in [1.165, 1.54) is 26.2 Å². The van der Waals surface area contributed by atoms with Crippen molar-refractivity contribution in [1.82, 2.24) is 5.32 Å². The van der Waals surface area contributed by atoms with E-state index in [0.29, 0.717) is 36.0 Å². The van der Waals surface area contributed by atoms with Crippen LogP contribution in [0.3, 0.4) is 0 Å². The van der Waals surface area contributed by atoms with Crippen molar-refractivity contribution >= 4 is 17.5 Å². The Labute approximate surface area is 185 Å². The van der Waals surface area contributed by atoms with Crippen LogP contribution in [0.2, 0.25) is 0 Å². The summed E-state index contributed by atoms with van der Waals surface area (Å²) in [5, 5.41) is 13.4. The number of anilines is 1. The van der Waals surface area contributed by atoms with Crippen LogP contribution in [0.15, 0.2) is 18.2 Å². The summed E-state index contributed by atoms with van der Waals surface area (Å²) < 4.78 is 5.73. The van der Waals surface area contributed by atoms with Gasteiger partial charge in [-0.1, -0.05) is 6.42 Å². The van der Waals surface area contributed by atoms with Crippen LogP contribution >= 0.6 is 0 Å². The third kappa shape index (κ3) is 6.20. The minimum absolute atomic E-state index is 0.0622. The summed E-state index contributed by atoms with van der Waals surface area (Å²) in [5.74, 6) is 2.59. The zero-order valence-electron chi connectivity index (χ0n) is 19.2. The number of rotatable bonds is 10. The highest BCUT2D eigenvalue weighted by Crippen LogP contribution is 2.59. The van der Waals surface area contributed by atoms with Crippen molar-refractivity contribution in [3.63, 3.8) is 0 Å². The molecule has 1 aromatic carbocycles. The number of amides is 2. The van der Waals surface area contributed by atoms with Crippen LogP contribution < -0.4 is 20.7 Å². The summed E-state index contributed by atoms with van der Waals surface area (Å²) in [4.78, 5) is 25.9. The number of carbonyl (C=O) groups is 2. The first-order valence-corrected chi connectivity index (χ1v) is 11.3. The van der Waals surface area contributed by atoms with E-state index in [9.17, 15) is 14.7 Å². The maximum absolute atomic E-state index is 12.2. The van der Waals surface area contributed by atoms with Gasteiger partial charge in [0.1, 0.15) is 18.5 Å². The molecule has 0 radical (unpaired) electrons. The van der Waals surface area contributed by atoms with Gasteiger partial charge in [0.25, 0.3) is 0 Å². The van der Waals surface area contributed by atoms with Crippen LogP contribution in [0.25, 0.3) is 0 Å². The number of nitrogens with one attached hydrogen (secondary N) is 1. The molecular formula is C24H37N3O4. The van der Waals surface area contributed by atoms with E-state index in [4.69, 9.17) is 10.5 Å². The molecule has 172 valence electrons. The molecule has 7 heteroatoms. The minimum Gasteiger partial charge on any atom is -0.490 e. The Morgan fingerprint density at radius 1 is 1.29 bits per heavy atom. The van der Waals surface area contributed by atoms with Crippen molar-refractivity contribution in [2.24, 2.45) is 23.5 Å². The topological polar surface area (TPSA) is 105 Å². The van der Waals surface area contributed by atoms with Crippen LogP contribution in [0.4, 0.5) is 10.5 Å². The van der Waals surface area contributed by atoms with E-state index in [1.54, 1.807) is 23.1 Å². The molecule has 0 spiro atoms. The normalized spacial score (nSPS) is 23.2. The Morgan fingerprint density at radius 3 is 2.55 bits per heavy atom. The molecule has 2 fully saturated rings. The van der Waals surface area contributed by atoms with Gasteiger partial charge in [-0.2, -0.15) is 0 Å². The Balaban J connectivity index is 1.63. The SMILES string of the molecule is CC(=O)c1cc(N(CCC2C3CCCC32)C(N)=O)ccc1OCC(O)CNC(C)(C)C. The number of primary amides is 1. The third-order valence-electron chi connectivity index (χ3n) is 6.49. The molecule has 0 aromatic heterocycles. The van der Waals surface area contributed by atoms with Crippen LogP contribution in [0.5, 0.6) is 5.75 Å². The fourth-order valence-electron chi connectivity index (χ4n) is 4.80. The van der Waals surface area contributed by atoms with Gasteiger partial charge >= 0.3 is 6.03 Å². The fraction of sp³-hybridized carbons (Fsp3) is 0.667. The Bertz CT molecular complexity index is 795. The van der Waals surface area contributed by atoms with Gasteiger partial charge < -0.3 is 20.9 Å². The highest BCUT2D eigenvalue weighted by atomic mass is 16.5. The number of aliphatic hydroxyl groups is 1. The second-order valence-corrected chi connectivity index (χ2v) is 10.0. The average Bonchev–Trinajstić information content (AvgIpc) is 3.11. The first-order valence-electron chi connectivity index (χ1n) is 11.3. The van der Waals surface area contributed by atoms with Gasteiger partial charge in [-0.25, -0.2) is 4.79 Å². The number of hydrogen-bond donors (Lipinski definition) is 3. The first kappa shape index (κ1) is 23.5. The van der Waals surface area contributed by atoms with Crippen LogP contribution in [0, 0.1) is 17.8 Å². The molecule has 2 saturated carbocycles. The maximum atomic E-state index is 12.2. The van der Waals surface area contributed by atoms with E-state index in [2.05, 4.69) is 5.32 Å². The summed E-state index contributed by atoms with van der Waals surface area (Å²) >= 11 is 0. The Morgan fingerprint density at radius 2 is 1.97 bits per heavy atom. The van der Waals surface area contributed by atoms with E-state index < -0.39 is 12.1 Å². The lowest BCUT2D eigenvalue weighted by Crippen LogP contribution is -2.42. The van der Waals surface area contributed by atoms with Gasteiger partial charge in [-0.3, -0.25) is 9.69 Å². The highest BCUT2D eigenvalue weighted by Gasteiger charge is 2.51. The molecule has 3 rings (SSSR count). The number of ether oxygens (including phenoxy) is 1. The van der Waals surface area contributed by atoms with Gasteiger partial charge in [0.15, 0.2) is 5.78 Å². The van der Waals surface area contributed by atoms with Crippen molar-refractivity contribution in [2.45, 2.75) is 65.0 Å². The Kier molecular flexibility index (Phi) is 7.27. The summed E-state index contributed by atoms with van der Waals surface area (Å²) in [6, 6.07) is 4.57. The number of urea groups is 1. The summed E-state index contributed by atoms with van der Waals surface area (Å²) in [6.45, 7) is 8.53. The van der Waals surface area contributed by atoms with E-state index in [-0.39, 0.29) is 17.9 Å². The van der Waals surface area contributed by atoms with Crippen LogP contribution in [-0.2, 0) is 0 Å². The minimum atomic E-state index is -0.709. The molecule has 0 aliphatic heterocycles. The van der Waals surface area contributed by atoms with Gasteiger partial charge in [-0.15, -0.1) is 0 Å². The lowest BCUT2D eigenvalue weighted by Gasteiger charge is -2.24.